The average molecular weight is 404 g/mol. The summed E-state index contributed by atoms with van der Waals surface area (Å²) in [6, 6.07) is 10.5. The van der Waals surface area contributed by atoms with Gasteiger partial charge in [-0.1, -0.05) is 41.4 Å². The summed E-state index contributed by atoms with van der Waals surface area (Å²) in [5.41, 5.74) is 1.60. The minimum Gasteiger partial charge on any atom is -0.493 e. The molecule has 1 heterocycles. The fourth-order valence-corrected chi connectivity index (χ4v) is 2.78. The maximum Gasteiger partial charge on any atom is 0.363 e. The summed E-state index contributed by atoms with van der Waals surface area (Å²) in [6.07, 6.45) is 4.85. The van der Waals surface area contributed by atoms with E-state index in [1.165, 1.54) is 0 Å². The minimum absolute atomic E-state index is 0.169. The van der Waals surface area contributed by atoms with Crippen LogP contribution in [-0.4, -0.2) is 26.1 Å². The van der Waals surface area contributed by atoms with E-state index < -0.39 is 5.97 Å². The first-order valence-corrected chi connectivity index (χ1v) is 8.64. The van der Waals surface area contributed by atoms with Crippen LogP contribution in [0.5, 0.6) is 11.5 Å². The SMILES string of the molecule is COc1ccc(C=C2N=C(C=Cc3cccc(Cl)c3Cl)OC2=O)cc1OC. The van der Waals surface area contributed by atoms with Crippen molar-refractivity contribution in [2.75, 3.05) is 14.2 Å². The Morgan fingerprint density at radius 2 is 1.81 bits per heavy atom. The molecule has 0 spiro atoms. The number of benzene rings is 2. The van der Waals surface area contributed by atoms with Gasteiger partial charge in [0.2, 0.25) is 5.90 Å². The van der Waals surface area contributed by atoms with Crippen LogP contribution >= 0.6 is 23.2 Å². The third-order valence-corrected chi connectivity index (χ3v) is 4.57. The molecule has 0 atom stereocenters. The number of hydrogen-bond acceptors (Lipinski definition) is 5. The number of hydrogen-bond donors (Lipinski definition) is 0. The Morgan fingerprint density at radius 1 is 1.04 bits per heavy atom. The van der Waals surface area contributed by atoms with Crippen molar-refractivity contribution in [3.8, 4) is 11.5 Å². The van der Waals surface area contributed by atoms with E-state index in [1.54, 1.807) is 68.8 Å². The van der Waals surface area contributed by atoms with E-state index in [9.17, 15) is 4.79 Å². The van der Waals surface area contributed by atoms with Crippen LogP contribution in [0.4, 0.5) is 0 Å². The first kappa shape index (κ1) is 19.0. The van der Waals surface area contributed by atoms with E-state index in [1.807, 2.05) is 0 Å². The highest BCUT2D eigenvalue weighted by Gasteiger charge is 2.21. The van der Waals surface area contributed by atoms with Crippen LogP contribution in [0.2, 0.25) is 10.0 Å². The molecule has 27 heavy (non-hydrogen) atoms. The van der Waals surface area contributed by atoms with Crippen molar-refractivity contribution in [1.82, 2.24) is 0 Å². The Hall–Kier alpha value is -2.76. The van der Waals surface area contributed by atoms with Crippen molar-refractivity contribution in [1.29, 1.82) is 0 Å². The van der Waals surface area contributed by atoms with Crippen LogP contribution in [0, 0.1) is 0 Å². The molecule has 2 aromatic rings. The van der Waals surface area contributed by atoms with Crippen molar-refractivity contribution in [2.24, 2.45) is 4.99 Å². The molecule has 0 saturated heterocycles. The highest BCUT2D eigenvalue weighted by atomic mass is 35.5. The first-order chi connectivity index (χ1) is 13.0. The van der Waals surface area contributed by atoms with Gasteiger partial charge in [-0.2, -0.15) is 0 Å². The Balaban J connectivity index is 1.85. The number of carbonyl (C=O) groups is 1. The van der Waals surface area contributed by atoms with Crippen LogP contribution in [-0.2, 0) is 9.53 Å². The third-order valence-electron chi connectivity index (χ3n) is 3.73. The normalized spacial score (nSPS) is 15.2. The van der Waals surface area contributed by atoms with Crippen molar-refractivity contribution < 1.29 is 19.0 Å². The van der Waals surface area contributed by atoms with Gasteiger partial charge < -0.3 is 14.2 Å². The standard InChI is InChI=1S/C20H15Cl2NO4/c1-25-16-8-6-12(11-17(16)26-2)10-15-20(24)27-18(23-15)9-7-13-4-3-5-14(21)19(13)22/h3-11H,1-2H3. The van der Waals surface area contributed by atoms with Crippen LogP contribution in [0.15, 0.2) is 53.2 Å². The van der Waals surface area contributed by atoms with E-state index in [-0.39, 0.29) is 11.6 Å². The van der Waals surface area contributed by atoms with Crippen LogP contribution < -0.4 is 9.47 Å². The van der Waals surface area contributed by atoms with E-state index in [0.717, 1.165) is 5.56 Å². The summed E-state index contributed by atoms with van der Waals surface area (Å²) in [5.74, 6) is 0.779. The van der Waals surface area contributed by atoms with Crippen molar-refractivity contribution in [3.63, 3.8) is 0 Å². The largest absolute Gasteiger partial charge is 0.493 e. The summed E-state index contributed by atoms with van der Waals surface area (Å²) in [6.45, 7) is 0. The summed E-state index contributed by atoms with van der Waals surface area (Å²) < 4.78 is 15.6. The number of aliphatic imine (C=N–C) groups is 1. The predicted molar refractivity (Wildman–Crippen MR) is 107 cm³/mol. The van der Waals surface area contributed by atoms with Crippen LogP contribution in [0.25, 0.3) is 12.2 Å². The molecule has 1 aliphatic rings. The summed E-state index contributed by atoms with van der Waals surface area (Å²) in [7, 11) is 3.10. The molecule has 3 rings (SSSR count). The molecular formula is C20H15Cl2NO4. The number of halogens is 2. The smallest absolute Gasteiger partial charge is 0.363 e. The van der Waals surface area contributed by atoms with E-state index in [4.69, 9.17) is 37.4 Å². The van der Waals surface area contributed by atoms with E-state index in [0.29, 0.717) is 27.1 Å². The molecule has 5 nitrogen and oxygen atoms in total. The van der Waals surface area contributed by atoms with Crippen molar-refractivity contribution in [3.05, 3.63) is 69.3 Å². The van der Waals surface area contributed by atoms with E-state index >= 15 is 0 Å². The number of carbonyl (C=O) groups excluding carboxylic acids is 1. The Labute approximate surface area is 166 Å². The van der Waals surface area contributed by atoms with Crippen LogP contribution in [0.3, 0.4) is 0 Å². The summed E-state index contributed by atoms with van der Waals surface area (Å²) >= 11 is 12.1. The number of rotatable bonds is 5. The molecule has 0 fully saturated rings. The third kappa shape index (κ3) is 4.32. The van der Waals surface area contributed by atoms with Gasteiger partial charge in [0.1, 0.15) is 0 Å². The molecule has 0 radical (unpaired) electrons. The number of esters is 1. The highest BCUT2D eigenvalue weighted by molar-refractivity contribution is 6.42. The molecule has 0 N–H and O–H groups in total. The average Bonchev–Trinajstić information content (AvgIpc) is 3.02. The van der Waals surface area contributed by atoms with E-state index in [2.05, 4.69) is 4.99 Å². The lowest BCUT2D eigenvalue weighted by molar-refractivity contribution is -0.129. The minimum atomic E-state index is -0.540. The van der Waals surface area contributed by atoms with Crippen molar-refractivity contribution >= 4 is 47.2 Å². The zero-order valence-corrected chi connectivity index (χ0v) is 16.0. The molecule has 2 aromatic carbocycles. The molecule has 0 bridgehead atoms. The van der Waals surface area contributed by atoms with Gasteiger partial charge in [-0.05, 0) is 41.5 Å². The second kappa shape index (κ2) is 8.29. The fourth-order valence-electron chi connectivity index (χ4n) is 2.41. The monoisotopic (exact) mass is 403 g/mol. The number of cyclic esters (lactones) is 1. The molecule has 0 aromatic heterocycles. The molecule has 0 saturated carbocycles. The van der Waals surface area contributed by atoms with Gasteiger partial charge in [-0.3, -0.25) is 0 Å². The number of methoxy groups -OCH3 is 2. The zero-order chi connectivity index (χ0) is 19.4. The molecule has 0 unspecified atom stereocenters. The van der Waals surface area contributed by atoms with Crippen LogP contribution in [0.1, 0.15) is 11.1 Å². The van der Waals surface area contributed by atoms with Gasteiger partial charge in [0.05, 0.1) is 24.3 Å². The topological polar surface area (TPSA) is 57.1 Å². The number of ether oxygens (including phenoxy) is 3. The lowest BCUT2D eigenvalue weighted by Gasteiger charge is -2.07. The molecule has 0 amide bonds. The quantitative estimate of drug-likeness (QED) is 0.519. The number of nitrogens with zero attached hydrogens (tertiary/aromatic N) is 1. The first-order valence-electron chi connectivity index (χ1n) is 7.88. The zero-order valence-electron chi connectivity index (χ0n) is 14.5. The Kier molecular flexibility index (Phi) is 5.84. The van der Waals surface area contributed by atoms with Gasteiger partial charge >= 0.3 is 5.97 Å². The Morgan fingerprint density at radius 3 is 2.56 bits per heavy atom. The maximum absolute atomic E-state index is 12.1. The second-order valence-electron chi connectivity index (χ2n) is 5.46. The molecule has 138 valence electrons. The lowest BCUT2D eigenvalue weighted by atomic mass is 10.1. The molecule has 7 heteroatoms. The molecular weight excluding hydrogens is 389 g/mol. The lowest BCUT2D eigenvalue weighted by Crippen LogP contribution is -2.01. The van der Waals surface area contributed by atoms with Gasteiger partial charge in [0, 0.05) is 6.08 Å². The van der Waals surface area contributed by atoms with Gasteiger partial charge in [-0.15, -0.1) is 0 Å². The Bertz CT molecular complexity index is 980. The van der Waals surface area contributed by atoms with Gasteiger partial charge in [-0.25, -0.2) is 9.79 Å². The second-order valence-corrected chi connectivity index (χ2v) is 6.25. The molecule has 0 aliphatic carbocycles. The maximum atomic E-state index is 12.1. The van der Waals surface area contributed by atoms with Gasteiger partial charge in [0.25, 0.3) is 0 Å². The molecule has 1 aliphatic heterocycles. The fraction of sp³-hybridized carbons (Fsp3) is 0.100. The predicted octanol–water partition coefficient (Wildman–Crippen LogP) is 5.02. The highest BCUT2D eigenvalue weighted by Crippen LogP contribution is 2.29. The van der Waals surface area contributed by atoms with Gasteiger partial charge in [0.15, 0.2) is 17.2 Å². The van der Waals surface area contributed by atoms with Crippen molar-refractivity contribution in [2.45, 2.75) is 0 Å². The summed E-state index contributed by atoms with van der Waals surface area (Å²) in [5, 5.41) is 0.861. The summed E-state index contributed by atoms with van der Waals surface area (Å²) in [4.78, 5) is 16.3.